The maximum absolute atomic E-state index is 14.5. The molecule has 4 aromatic rings. The van der Waals surface area contributed by atoms with Crippen LogP contribution in [0.15, 0.2) is 103 Å². The van der Waals surface area contributed by atoms with Gasteiger partial charge in [-0.15, -0.1) is 0 Å². The largest absolute Gasteiger partial charge is 0.331 e. The highest BCUT2D eigenvalue weighted by atomic mass is 16.2. The molecule has 0 N–H and O–H groups in total. The first-order valence-corrected chi connectivity index (χ1v) is 20.9. The Morgan fingerprint density at radius 1 is 0.519 bits per heavy atom. The van der Waals surface area contributed by atoms with Gasteiger partial charge in [-0.1, -0.05) is 103 Å². The zero-order chi connectivity index (χ0) is 36.2. The van der Waals surface area contributed by atoms with E-state index in [1.165, 1.54) is 64.9 Å². The summed E-state index contributed by atoms with van der Waals surface area (Å²) in [6.45, 7) is 8.22. The monoisotopic (exact) mass is 718 g/mol. The van der Waals surface area contributed by atoms with E-state index in [0.29, 0.717) is 54.2 Å². The summed E-state index contributed by atoms with van der Waals surface area (Å²) in [6.07, 6.45) is 6.72. The van der Waals surface area contributed by atoms with Crippen LogP contribution in [0.3, 0.4) is 0 Å². The van der Waals surface area contributed by atoms with Crippen molar-refractivity contribution in [2.24, 2.45) is 23.7 Å². The van der Waals surface area contributed by atoms with E-state index in [9.17, 15) is 9.59 Å². The number of hydrogen-bond donors (Lipinski definition) is 0. The topological polar surface area (TPSA) is 47.1 Å². The van der Waals surface area contributed by atoms with Gasteiger partial charge in [0.1, 0.15) is 0 Å². The quantitative estimate of drug-likeness (QED) is 0.199. The highest BCUT2D eigenvalue weighted by molar-refractivity contribution is 5.79. The molecule has 0 aliphatic carbocycles. The Bertz CT molecular complexity index is 1990. The summed E-state index contributed by atoms with van der Waals surface area (Å²) in [5.74, 6) is 2.99. The number of benzene rings is 4. The molecule has 278 valence electrons. The van der Waals surface area contributed by atoms with Crippen molar-refractivity contribution in [2.45, 2.75) is 62.9 Å². The molecular formula is C48H54N4O2. The summed E-state index contributed by atoms with van der Waals surface area (Å²) in [7, 11) is 0. The molecule has 6 nitrogen and oxygen atoms in total. The van der Waals surface area contributed by atoms with E-state index in [4.69, 9.17) is 0 Å². The Balaban J connectivity index is 0.916. The fraction of sp³-hybridized carbons (Fsp3) is 0.458. The molecule has 12 rings (SSSR count). The molecule has 8 heterocycles. The molecule has 4 aromatic carbocycles. The van der Waals surface area contributed by atoms with Gasteiger partial charge in [0, 0.05) is 45.6 Å². The Morgan fingerprint density at radius 2 is 1.09 bits per heavy atom. The van der Waals surface area contributed by atoms with Crippen LogP contribution in [-0.2, 0) is 22.4 Å². The molecule has 54 heavy (non-hydrogen) atoms. The lowest BCUT2D eigenvalue weighted by molar-refractivity contribution is -0.136. The molecule has 3 unspecified atom stereocenters. The second-order valence-corrected chi connectivity index (χ2v) is 17.3. The molecule has 2 amide bonds. The average molecular weight is 719 g/mol. The molecule has 0 aromatic heterocycles. The first-order valence-electron chi connectivity index (χ1n) is 20.9. The molecule has 0 radical (unpaired) electrons. The SMILES string of the molecule is O=C(C[C@@H]1CN2CCC1CC2)N1CCc2ccc(C3CN4CCC3[C@H](CC(=O)N3CCc5ccccc5[C@@H]3c3ccccc3)C4)cc2[C@H]1c1ccccc1. The number of hydrogen-bond acceptors (Lipinski definition) is 4. The predicted molar refractivity (Wildman–Crippen MR) is 213 cm³/mol. The zero-order valence-electron chi connectivity index (χ0n) is 31.6. The van der Waals surface area contributed by atoms with Crippen molar-refractivity contribution in [3.8, 4) is 0 Å². The van der Waals surface area contributed by atoms with Crippen LogP contribution in [0.5, 0.6) is 0 Å². The van der Waals surface area contributed by atoms with Crippen LogP contribution in [0, 0.1) is 23.7 Å². The van der Waals surface area contributed by atoms with Crippen molar-refractivity contribution in [3.63, 3.8) is 0 Å². The molecule has 8 aliphatic heterocycles. The minimum absolute atomic E-state index is 0.0347. The Hall–Kier alpha value is -4.26. The van der Waals surface area contributed by atoms with Gasteiger partial charge in [0.2, 0.25) is 11.8 Å². The van der Waals surface area contributed by atoms with Crippen LogP contribution in [0.25, 0.3) is 0 Å². The highest BCUT2D eigenvalue weighted by Crippen LogP contribution is 2.47. The molecule has 0 spiro atoms. The number of carbonyl (C=O) groups is 2. The number of piperidine rings is 6. The normalized spacial score (nSPS) is 31.1. The lowest BCUT2D eigenvalue weighted by atomic mass is 9.68. The molecule has 6 fully saturated rings. The number of fused-ring (bicyclic) bond motifs is 8. The van der Waals surface area contributed by atoms with Gasteiger partial charge < -0.3 is 19.6 Å². The fourth-order valence-electron chi connectivity index (χ4n) is 11.8. The lowest BCUT2D eigenvalue weighted by Gasteiger charge is -2.50. The third kappa shape index (κ3) is 6.29. The van der Waals surface area contributed by atoms with Crippen LogP contribution in [0.4, 0.5) is 0 Å². The van der Waals surface area contributed by atoms with Crippen LogP contribution in [0.2, 0.25) is 0 Å². The molecule has 0 saturated carbocycles. The van der Waals surface area contributed by atoms with Gasteiger partial charge >= 0.3 is 0 Å². The standard InChI is InChI=1S/C48H54N4O2/c53-45(28-39-30-49-22-17-33(39)18-23-49)52-26-20-35-15-16-38(27-43(35)48(52)37-12-5-2-6-13-37)44-32-50-24-21-41(44)40(31-50)29-46(54)51-25-19-34-9-7-8-14-42(34)47(51)36-10-3-1-4-11-36/h1-16,27,33,39-41,44,47-48H,17-26,28-32H2/t39-,40-,41?,44?,47+,48-/m1/s1. The Morgan fingerprint density at radius 3 is 1.74 bits per heavy atom. The van der Waals surface area contributed by atoms with Gasteiger partial charge in [0.15, 0.2) is 0 Å². The maximum Gasteiger partial charge on any atom is 0.223 e. The van der Waals surface area contributed by atoms with E-state index in [1.807, 2.05) is 0 Å². The molecular weight excluding hydrogens is 665 g/mol. The maximum atomic E-state index is 14.5. The molecule has 6 heteroatoms. The van der Waals surface area contributed by atoms with Crippen LogP contribution < -0.4 is 0 Å². The summed E-state index contributed by atoms with van der Waals surface area (Å²) in [5, 5.41) is 0. The minimum Gasteiger partial charge on any atom is -0.331 e. The molecule has 4 bridgehead atoms. The van der Waals surface area contributed by atoms with Crippen molar-refractivity contribution in [1.29, 1.82) is 0 Å². The van der Waals surface area contributed by atoms with Crippen molar-refractivity contribution >= 4 is 11.8 Å². The first-order chi connectivity index (χ1) is 26.6. The van der Waals surface area contributed by atoms with Gasteiger partial charge in [0.05, 0.1) is 12.1 Å². The second-order valence-electron chi connectivity index (χ2n) is 17.3. The fourth-order valence-corrected chi connectivity index (χ4v) is 11.8. The molecule has 7 atom stereocenters. The minimum atomic E-state index is -0.0566. The van der Waals surface area contributed by atoms with Crippen molar-refractivity contribution in [1.82, 2.24) is 19.6 Å². The second kappa shape index (κ2) is 14.4. The zero-order valence-corrected chi connectivity index (χ0v) is 31.6. The van der Waals surface area contributed by atoms with Crippen LogP contribution >= 0.6 is 0 Å². The lowest BCUT2D eigenvalue weighted by Crippen LogP contribution is -2.53. The number of amides is 2. The van der Waals surface area contributed by atoms with E-state index in [0.717, 1.165) is 58.5 Å². The number of carbonyl (C=O) groups excluding carboxylic acids is 2. The van der Waals surface area contributed by atoms with Crippen molar-refractivity contribution in [3.05, 3.63) is 142 Å². The summed E-state index contributed by atoms with van der Waals surface area (Å²) in [6, 6.07) is 37.3. The molecule has 6 saturated heterocycles. The van der Waals surface area contributed by atoms with E-state index >= 15 is 0 Å². The molecule has 8 aliphatic rings. The smallest absolute Gasteiger partial charge is 0.223 e. The van der Waals surface area contributed by atoms with Gasteiger partial charge in [-0.05, 0) is 120 Å². The Kier molecular flexibility index (Phi) is 9.15. The van der Waals surface area contributed by atoms with Gasteiger partial charge in [-0.25, -0.2) is 0 Å². The van der Waals surface area contributed by atoms with Crippen LogP contribution in [-0.4, -0.2) is 83.8 Å². The van der Waals surface area contributed by atoms with Gasteiger partial charge in [-0.2, -0.15) is 0 Å². The number of nitrogens with zero attached hydrogens (tertiary/aromatic N) is 4. The van der Waals surface area contributed by atoms with E-state index in [-0.39, 0.29) is 12.1 Å². The number of rotatable bonds is 7. The van der Waals surface area contributed by atoms with Crippen LogP contribution in [0.1, 0.15) is 89.0 Å². The summed E-state index contributed by atoms with van der Waals surface area (Å²) >= 11 is 0. The summed E-state index contributed by atoms with van der Waals surface area (Å²) < 4.78 is 0. The van der Waals surface area contributed by atoms with Gasteiger partial charge in [-0.3, -0.25) is 9.59 Å². The highest BCUT2D eigenvalue weighted by Gasteiger charge is 2.45. The van der Waals surface area contributed by atoms with E-state index in [1.54, 1.807) is 0 Å². The van der Waals surface area contributed by atoms with Gasteiger partial charge in [0.25, 0.3) is 0 Å². The van der Waals surface area contributed by atoms with Crippen molar-refractivity contribution < 1.29 is 9.59 Å². The predicted octanol–water partition coefficient (Wildman–Crippen LogP) is 7.49. The summed E-state index contributed by atoms with van der Waals surface area (Å²) in [4.78, 5) is 38.5. The van der Waals surface area contributed by atoms with Crippen molar-refractivity contribution in [2.75, 3.05) is 52.4 Å². The summed E-state index contributed by atoms with van der Waals surface area (Å²) in [5.41, 5.74) is 9.13. The first kappa shape index (κ1) is 34.2. The third-order valence-electron chi connectivity index (χ3n) is 14.5. The Labute approximate surface area is 321 Å². The third-order valence-corrected chi connectivity index (χ3v) is 14.5. The van der Waals surface area contributed by atoms with E-state index in [2.05, 4.69) is 123 Å². The van der Waals surface area contributed by atoms with E-state index < -0.39 is 0 Å². The average Bonchev–Trinajstić information content (AvgIpc) is 3.23.